The molecule has 0 spiro atoms. The molecule has 1 fully saturated rings. The maximum absolute atomic E-state index is 12.9. The average molecular weight is 356 g/mol. The Morgan fingerprint density at radius 3 is 2.81 bits per heavy atom. The Morgan fingerprint density at radius 1 is 1.23 bits per heavy atom. The van der Waals surface area contributed by atoms with E-state index in [1.54, 1.807) is 12.1 Å². The van der Waals surface area contributed by atoms with Crippen molar-refractivity contribution in [2.45, 2.75) is 45.3 Å². The van der Waals surface area contributed by atoms with E-state index in [1.807, 2.05) is 29.2 Å². The minimum absolute atomic E-state index is 0.0489. The van der Waals surface area contributed by atoms with Crippen LogP contribution in [0.25, 0.3) is 0 Å². The number of nitrogens with one attached hydrogen (secondary N) is 1. The monoisotopic (exact) mass is 356 g/mol. The van der Waals surface area contributed by atoms with Gasteiger partial charge in [0.15, 0.2) is 0 Å². The number of amides is 2. The Kier molecular flexibility index (Phi) is 6.10. The Bertz CT molecular complexity index is 733. The molecule has 4 nitrogen and oxygen atoms in total. The summed E-state index contributed by atoms with van der Waals surface area (Å²) in [6.07, 6.45) is 4.30. The van der Waals surface area contributed by atoms with Crippen LogP contribution >= 0.6 is 0 Å². The molecule has 0 unspecified atom stereocenters. The van der Waals surface area contributed by atoms with Crippen LogP contribution in [0.15, 0.2) is 48.5 Å². The fourth-order valence-electron chi connectivity index (χ4n) is 3.30. The number of carbonyl (C=O) groups excluding carboxylic acids is 1. The molecule has 1 atom stereocenters. The molecule has 1 aliphatic heterocycles. The first-order valence-electron chi connectivity index (χ1n) is 9.20. The van der Waals surface area contributed by atoms with E-state index < -0.39 is 0 Å². The second kappa shape index (κ2) is 8.70. The summed E-state index contributed by atoms with van der Waals surface area (Å²) in [6, 6.07) is 13.9. The summed E-state index contributed by atoms with van der Waals surface area (Å²) in [5.41, 5.74) is 1.60. The van der Waals surface area contributed by atoms with Gasteiger partial charge in [0.1, 0.15) is 18.2 Å². The highest BCUT2D eigenvalue weighted by atomic mass is 19.1. The summed E-state index contributed by atoms with van der Waals surface area (Å²) < 4.78 is 18.7. The zero-order valence-electron chi connectivity index (χ0n) is 15.1. The summed E-state index contributed by atoms with van der Waals surface area (Å²) in [5, 5.41) is 2.98. The molecule has 26 heavy (non-hydrogen) atoms. The van der Waals surface area contributed by atoms with Gasteiger partial charge in [-0.15, -0.1) is 0 Å². The second-order valence-electron chi connectivity index (χ2n) is 6.62. The molecule has 5 heteroatoms. The highest BCUT2D eigenvalue weighted by Crippen LogP contribution is 2.23. The number of benzene rings is 2. The quantitative estimate of drug-likeness (QED) is 0.800. The predicted molar refractivity (Wildman–Crippen MR) is 101 cm³/mol. The van der Waals surface area contributed by atoms with Gasteiger partial charge in [-0.3, -0.25) is 0 Å². The predicted octanol–water partition coefficient (Wildman–Crippen LogP) is 5.20. The molecule has 0 aromatic heterocycles. The van der Waals surface area contributed by atoms with Gasteiger partial charge in [0, 0.05) is 24.3 Å². The number of rotatable bonds is 5. The number of hydrogen-bond donors (Lipinski definition) is 1. The third-order valence-electron chi connectivity index (χ3n) is 4.76. The number of urea groups is 1. The van der Waals surface area contributed by atoms with Gasteiger partial charge in [0.05, 0.1) is 0 Å². The molecule has 2 aromatic carbocycles. The first-order chi connectivity index (χ1) is 12.7. The van der Waals surface area contributed by atoms with E-state index in [1.165, 1.54) is 18.6 Å². The van der Waals surface area contributed by atoms with Gasteiger partial charge in [0.2, 0.25) is 0 Å². The van der Waals surface area contributed by atoms with E-state index in [4.69, 9.17) is 4.74 Å². The summed E-state index contributed by atoms with van der Waals surface area (Å²) >= 11 is 0. The van der Waals surface area contributed by atoms with Crippen LogP contribution in [0.3, 0.4) is 0 Å². The highest BCUT2D eigenvalue weighted by molar-refractivity contribution is 5.89. The van der Waals surface area contributed by atoms with E-state index in [9.17, 15) is 9.18 Å². The van der Waals surface area contributed by atoms with E-state index in [0.717, 1.165) is 31.4 Å². The Labute approximate surface area is 154 Å². The van der Waals surface area contributed by atoms with Crippen LogP contribution in [0, 0.1) is 5.82 Å². The molecule has 1 heterocycles. The molecule has 0 bridgehead atoms. The summed E-state index contributed by atoms with van der Waals surface area (Å²) in [4.78, 5) is 14.5. The van der Waals surface area contributed by atoms with Crippen LogP contribution in [-0.2, 0) is 6.61 Å². The summed E-state index contributed by atoms with van der Waals surface area (Å²) in [5.74, 6) is 0.402. The first kappa shape index (κ1) is 18.2. The first-order valence-corrected chi connectivity index (χ1v) is 9.20. The lowest BCUT2D eigenvalue weighted by Gasteiger charge is -2.35. The zero-order valence-corrected chi connectivity index (χ0v) is 15.1. The number of anilines is 1. The van der Waals surface area contributed by atoms with Gasteiger partial charge in [-0.05, 0) is 55.5 Å². The topological polar surface area (TPSA) is 41.6 Å². The lowest BCUT2D eigenvalue weighted by molar-refractivity contribution is 0.160. The molecule has 1 N–H and O–H groups in total. The third kappa shape index (κ3) is 4.75. The number of nitrogens with zero attached hydrogens (tertiary/aromatic N) is 1. The average Bonchev–Trinajstić information content (AvgIpc) is 2.68. The highest BCUT2D eigenvalue weighted by Gasteiger charge is 2.25. The molecular weight excluding hydrogens is 331 g/mol. The smallest absolute Gasteiger partial charge is 0.322 e. The normalized spacial score (nSPS) is 17.0. The van der Waals surface area contributed by atoms with Crippen LogP contribution in [-0.4, -0.2) is 23.5 Å². The molecule has 0 radical (unpaired) electrons. The van der Waals surface area contributed by atoms with E-state index in [2.05, 4.69) is 12.2 Å². The van der Waals surface area contributed by atoms with Crippen molar-refractivity contribution in [2.75, 3.05) is 11.9 Å². The second-order valence-corrected chi connectivity index (χ2v) is 6.62. The summed E-state index contributed by atoms with van der Waals surface area (Å²) in [6.45, 7) is 3.28. The molecule has 2 amide bonds. The van der Waals surface area contributed by atoms with Crippen LogP contribution < -0.4 is 10.1 Å². The van der Waals surface area contributed by atoms with E-state index in [0.29, 0.717) is 24.1 Å². The van der Waals surface area contributed by atoms with Crippen molar-refractivity contribution in [1.29, 1.82) is 0 Å². The Hall–Kier alpha value is -2.56. The summed E-state index contributed by atoms with van der Waals surface area (Å²) in [7, 11) is 0. The van der Waals surface area contributed by atoms with Gasteiger partial charge in [0.25, 0.3) is 0 Å². The van der Waals surface area contributed by atoms with Crippen molar-refractivity contribution in [1.82, 2.24) is 4.90 Å². The van der Waals surface area contributed by atoms with Crippen molar-refractivity contribution < 1.29 is 13.9 Å². The SMILES string of the molecule is CC[C@@H]1CCCCN1C(=O)Nc1cccc(OCc2ccc(F)cc2)c1. The Morgan fingerprint density at radius 2 is 2.04 bits per heavy atom. The number of piperidine rings is 1. The van der Waals surface area contributed by atoms with Crippen molar-refractivity contribution in [3.05, 3.63) is 59.9 Å². The van der Waals surface area contributed by atoms with Crippen molar-refractivity contribution in [2.24, 2.45) is 0 Å². The molecule has 3 rings (SSSR count). The maximum Gasteiger partial charge on any atom is 0.322 e. The van der Waals surface area contributed by atoms with Gasteiger partial charge >= 0.3 is 6.03 Å². The zero-order chi connectivity index (χ0) is 18.4. The van der Waals surface area contributed by atoms with Crippen LogP contribution in [0.1, 0.15) is 38.2 Å². The van der Waals surface area contributed by atoms with Gasteiger partial charge in [-0.1, -0.05) is 25.1 Å². The number of carbonyl (C=O) groups is 1. The van der Waals surface area contributed by atoms with Crippen molar-refractivity contribution in [3.63, 3.8) is 0 Å². The molecule has 2 aromatic rings. The van der Waals surface area contributed by atoms with Gasteiger partial charge in [-0.25, -0.2) is 9.18 Å². The Balaban J connectivity index is 1.59. The van der Waals surface area contributed by atoms with Crippen LogP contribution in [0.4, 0.5) is 14.9 Å². The standard InChI is InChI=1S/C21H25FN2O2/c1-2-19-7-3-4-13-24(19)21(25)23-18-6-5-8-20(14-18)26-15-16-9-11-17(22)12-10-16/h5-6,8-12,14,19H,2-4,7,13,15H2,1H3,(H,23,25)/t19-/m1/s1. The van der Waals surface area contributed by atoms with E-state index >= 15 is 0 Å². The number of halogens is 1. The lowest BCUT2D eigenvalue weighted by atomic mass is 10.0. The lowest BCUT2D eigenvalue weighted by Crippen LogP contribution is -2.45. The van der Waals surface area contributed by atoms with Gasteiger partial charge < -0.3 is 15.0 Å². The van der Waals surface area contributed by atoms with Crippen molar-refractivity contribution >= 4 is 11.7 Å². The number of ether oxygens (including phenoxy) is 1. The van der Waals surface area contributed by atoms with Crippen molar-refractivity contribution in [3.8, 4) is 5.75 Å². The molecule has 138 valence electrons. The largest absolute Gasteiger partial charge is 0.489 e. The number of likely N-dealkylation sites (tertiary alicyclic amines) is 1. The minimum Gasteiger partial charge on any atom is -0.489 e. The number of hydrogen-bond acceptors (Lipinski definition) is 2. The van der Waals surface area contributed by atoms with Crippen LogP contribution in [0.5, 0.6) is 5.75 Å². The molecule has 1 aliphatic rings. The fraction of sp³-hybridized carbons (Fsp3) is 0.381. The molecule has 0 saturated carbocycles. The minimum atomic E-state index is -0.262. The molecule has 1 saturated heterocycles. The maximum atomic E-state index is 12.9. The molecule has 0 aliphatic carbocycles. The molecular formula is C21H25FN2O2. The van der Waals surface area contributed by atoms with Crippen LogP contribution in [0.2, 0.25) is 0 Å². The fourth-order valence-corrected chi connectivity index (χ4v) is 3.30. The van der Waals surface area contributed by atoms with Gasteiger partial charge in [-0.2, -0.15) is 0 Å². The third-order valence-corrected chi connectivity index (χ3v) is 4.76. The van der Waals surface area contributed by atoms with E-state index in [-0.39, 0.29) is 11.8 Å².